The maximum absolute atomic E-state index is 6.39. The molecule has 0 radical (unpaired) electrons. The van der Waals surface area contributed by atoms with E-state index in [0.29, 0.717) is 6.04 Å². The minimum Gasteiger partial charge on any atom is -0.313 e. The molecule has 2 rings (SSSR count). The molecule has 4 heteroatoms. The van der Waals surface area contributed by atoms with E-state index in [1.165, 1.54) is 50.8 Å². The molecule has 0 bridgehead atoms. The molecule has 1 aromatic rings. The van der Waals surface area contributed by atoms with Crippen molar-refractivity contribution in [2.45, 2.75) is 44.6 Å². The third kappa shape index (κ3) is 5.55. The SMILES string of the molecule is CNC(CCN1CCCCCCC1)c1ccc(Br)cc1Cl. The van der Waals surface area contributed by atoms with Gasteiger partial charge in [0.1, 0.15) is 0 Å². The van der Waals surface area contributed by atoms with Crippen LogP contribution in [0.1, 0.15) is 50.1 Å². The Morgan fingerprint density at radius 1 is 1.19 bits per heavy atom. The summed E-state index contributed by atoms with van der Waals surface area (Å²) in [4.78, 5) is 2.62. The van der Waals surface area contributed by atoms with Crippen LogP contribution in [-0.2, 0) is 0 Å². The maximum atomic E-state index is 6.39. The second kappa shape index (κ2) is 9.14. The monoisotopic (exact) mass is 372 g/mol. The summed E-state index contributed by atoms with van der Waals surface area (Å²) in [6, 6.07) is 6.51. The molecule has 1 atom stereocenters. The highest BCUT2D eigenvalue weighted by molar-refractivity contribution is 9.10. The fourth-order valence-electron chi connectivity index (χ4n) is 3.09. The first-order chi connectivity index (χ1) is 10.2. The lowest BCUT2D eigenvalue weighted by molar-refractivity contribution is 0.235. The molecule has 1 fully saturated rings. The Balaban J connectivity index is 1.92. The number of halogens is 2. The van der Waals surface area contributed by atoms with Gasteiger partial charge >= 0.3 is 0 Å². The number of benzene rings is 1. The van der Waals surface area contributed by atoms with E-state index < -0.39 is 0 Å². The van der Waals surface area contributed by atoms with Crippen LogP contribution in [0.3, 0.4) is 0 Å². The van der Waals surface area contributed by atoms with Crippen molar-refractivity contribution in [3.8, 4) is 0 Å². The Labute approximate surface area is 142 Å². The van der Waals surface area contributed by atoms with Gasteiger partial charge in [-0.2, -0.15) is 0 Å². The van der Waals surface area contributed by atoms with Gasteiger partial charge in [0.25, 0.3) is 0 Å². The topological polar surface area (TPSA) is 15.3 Å². The Kier molecular flexibility index (Phi) is 7.51. The molecular weight excluding hydrogens is 348 g/mol. The van der Waals surface area contributed by atoms with Gasteiger partial charge in [0, 0.05) is 15.5 Å². The molecule has 0 amide bonds. The molecular formula is C17H26BrClN2. The lowest BCUT2D eigenvalue weighted by Crippen LogP contribution is -2.31. The van der Waals surface area contributed by atoms with Gasteiger partial charge in [0.15, 0.2) is 0 Å². The minimum absolute atomic E-state index is 0.330. The van der Waals surface area contributed by atoms with Crippen LogP contribution < -0.4 is 5.32 Å². The predicted octanol–water partition coefficient (Wildman–Crippen LogP) is 5.02. The summed E-state index contributed by atoms with van der Waals surface area (Å²) in [6.07, 6.45) is 8.01. The van der Waals surface area contributed by atoms with E-state index in [9.17, 15) is 0 Å². The molecule has 2 nitrogen and oxygen atoms in total. The van der Waals surface area contributed by atoms with Crippen LogP contribution in [-0.4, -0.2) is 31.6 Å². The smallest absolute Gasteiger partial charge is 0.0465 e. The van der Waals surface area contributed by atoms with Crippen LogP contribution in [0.25, 0.3) is 0 Å². The average molecular weight is 374 g/mol. The predicted molar refractivity (Wildman–Crippen MR) is 95.1 cm³/mol. The highest BCUT2D eigenvalue weighted by atomic mass is 79.9. The average Bonchev–Trinajstić information content (AvgIpc) is 2.42. The van der Waals surface area contributed by atoms with Crippen LogP contribution in [0.15, 0.2) is 22.7 Å². The zero-order chi connectivity index (χ0) is 15.1. The molecule has 1 aliphatic heterocycles. The first-order valence-corrected chi connectivity index (χ1v) is 9.22. The van der Waals surface area contributed by atoms with Crippen molar-refractivity contribution in [3.63, 3.8) is 0 Å². The summed E-state index contributed by atoms with van der Waals surface area (Å²) in [7, 11) is 2.02. The highest BCUT2D eigenvalue weighted by Gasteiger charge is 2.15. The summed E-state index contributed by atoms with van der Waals surface area (Å²) in [5.41, 5.74) is 1.20. The zero-order valence-corrected chi connectivity index (χ0v) is 15.2. The highest BCUT2D eigenvalue weighted by Crippen LogP contribution is 2.28. The zero-order valence-electron chi connectivity index (χ0n) is 12.9. The first kappa shape index (κ1) is 17.3. The molecule has 1 saturated heterocycles. The van der Waals surface area contributed by atoms with Gasteiger partial charge in [0.05, 0.1) is 0 Å². The van der Waals surface area contributed by atoms with Gasteiger partial charge in [-0.05, 0) is 63.6 Å². The number of rotatable bonds is 5. The molecule has 0 saturated carbocycles. The van der Waals surface area contributed by atoms with E-state index in [2.05, 4.69) is 38.3 Å². The Bertz CT molecular complexity index is 431. The normalized spacial score (nSPS) is 19.0. The third-order valence-electron chi connectivity index (χ3n) is 4.37. The third-order valence-corrected chi connectivity index (χ3v) is 5.19. The Morgan fingerprint density at radius 3 is 2.48 bits per heavy atom. The summed E-state index contributed by atoms with van der Waals surface area (Å²) in [6.45, 7) is 3.66. The van der Waals surface area contributed by atoms with E-state index in [4.69, 9.17) is 11.6 Å². The summed E-state index contributed by atoms with van der Waals surface area (Å²) < 4.78 is 1.04. The van der Waals surface area contributed by atoms with Gasteiger partial charge in [-0.15, -0.1) is 0 Å². The fraction of sp³-hybridized carbons (Fsp3) is 0.647. The van der Waals surface area contributed by atoms with Gasteiger partial charge < -0.3 is 10.2 Å². The molecule has 0 aliphatic carbocycles. The van der Waals surface area contributed by atoms with E-state index in [0.717, 1.165) is 22.5 Å². The van der Waals surface area contributed by atoms with Crippen molar-refractivity contribution in [2.24, 2.45) is 0 Å². The standard InChI is InChI=1S/C17H26BrClN2/c1-20-17(15-8-7-14(18)13-16(15)19)9-12-21-10-5-3-2-4-6-11-21/h7-8,13,17,20H,2-6,9-12H2,1H3. The van der Waals surface area contributed by atoms with Gasteiger partial charge in [-0.1, -0.05) is 52.9 Å². The molecule has 1 unspecified atom stereocenters. The number of likely N-dealkylation sites (tertiary alicyclic amines) is 1. The minimum atomic E-state index is 0.330. The van der Waals surface area contributed by atoms with Gasteiger partial charge in [-0.25, -0.2) is 0 Å². The maximum Gasteiger partial charge on any atom is 0.0465 e. The van der Waals surface area contributed by atoms with E-state index in [1.807, 2.05) is 13.1 Å². The van der Waals surface area contributed by atoms with Crippen molar-refractivity contribution < 1.29 is 0 Å². The van der Waals surface area contributed by atoms with Crippen LogP contribution in [0.2, 0.25) is 5.02 Å². The lowest BCUT2D eigenvalue weighted by atomic mass is 10.0. The van der Waals surface area contributed by atoms with Crippen molar-refractivity contribution in [1.82, 2.24) is 10.2 Å². The molecule has 0 spiro atoms. The number of hydrogen-bond donors (Lipinski definition) is 1. The van der Waals surface area contributed by atoms with Crippen LogP contribution in [0, 0.1) is 0 Å². The van der Waals surface area contributed by atoms with Crippen molar-refractivity contribution >= 4 is 27.5 Å². The van der Waals surface area contributed by atoms with Crippen molar-refractivity contribution in [2.75, 3.05) is 26.7 Å². The Morgan fingerprint density at radius 2 is 1.86 bits per heavy atom. The molecule has 1 aliphatic rings. The Hall–Kier alpha value is -0.0900. The molecule has 118 valence electrons. The van der Waals surface area contributed by atoms with E-state index >= 15 is 0 Å². The summed E-state index contributed by atoms with van der Waals surface area (Å²) >= 11 is 9.86. The molecule has 1 aromatic carbocycles. The molecule has 1 heterocycles. The molecule has 0 aromatic heterocycles. The van der Waals surface area contributed by atoms with Crippen LogP contribution in [0.5, 0.6) is 0 Å². The largest absolute Gasteiger partial charge is 0.313 e. The van der Waals surface area contributed by atoms with Crippen LogP contribution >= 0.6 is 27.5 Å². The van der Waals surface area contributed by atoms with Gasteiger partial charge in [0.2, 0.25) is 0 Å². The molecule has 1 N–H and O–H groups in total. The van der Waals surface area contributed by atoms with E-state index in [-0.39, 0.29) is 0 Å². The van der Waals surface area contributed by atoms with E-state index in [1.54, 1.807) is 0 Å². The first-order valence-electron chi connectivity index (χ1n) is 8.05. The number of nitrogens with zero attached hydrogens (tertiary/aromatic N) is 1. The summed E-state index contributed by atoms with van der Waals surface area (Å²) in [5, 5.41) is 4.26. The quantitative estimate of drug-likeness (QED) is 0.779. The second-order valence-electron chi connectivity index (χ2n) is 5.91. The van der Waals surface area contributed by atoms with Crippen molar-refractivity contribution in [1.29, 1.82) is 0 Å². The lowest BCUT2D eigenvalue weighted by Gasteiger charge is -2.27. The van der Waals surface area contributed by atoms with Crippen LogP contribution in [0.4, 0.5) is 0 Å². The molecule has 21 heavy (non-hydrogen) atoms. The van der Waals surface area contributed by atoms with Crippen molar-refractivity contribution in [3.05, 3.63) is 33.3 Å². The summed E-state index contributed by atoms with van der Waals surface area (Å²) in [5.74, 6) is 0. The number of nitrogens with one attached hydrogen (secondary N) is 1. The fourth-order valence-corrected chi connectivity index (χ4v) is 3.89. The number of hydrogen-bond acceptors (Lipinski definition) is 2. The van der Waals surface area contributed by atoms with Gasteiger partial charge in [-0.3, -0.25) is 0 Å². The second-order valence-corrected chi connectivity index (χ2v) is 7.23.